The molecule has 98 valence electrons. The lowest BCUT2D eigenvalue weighted by molar-refractivity contribution is 0.106. The smallest absolute Gasteiger partial charge is 0.148 e. The number of benzene rings is 1. The minimum atomic E-state index is -0.129. The summed E-state index contributed by atoms with van der Waals surface area (Å²) in [5.74, 6) is 6.33. The first-order valence-electron chi connectivity index (χ1n) is 5.98. The third-order valence-corrected chi connectivity index (χ3v) is 3.32. The zero-order chi connectivity index (χ0) is 13.0. The van der Waals surface area contributed by atoms with E-state index in [2.05, 4.69) is 28.3 Å². The summed E-state index contributed by atoms with van der Waals surface area (Å²) >= 11 is 3.47. The van der Waals surface area contributed by atoms with Gasteiger partial charge in [0.2, 0.25) is 0 Å². The summed E-state index contributed by atoms with van der Waals surface area (Å²) in [5.41, 5.74) is 3.56. The van der Waals surface area contributed by atoms with E-state index in [0.29, 0.717) is 6.61 Å². The van der Waals surface area contributed by atoms with Gasteiger partial charge in [-0.15, -0.1) is 0 Å². The van der Waals surface area contributed by atoms with Crippen molar-refractivity contribution in [3.05, 3.63) is 34.5 Å². The van der Waals surface area contributed by atoms with Gasteiger partial charge in [-0.25, -0.2) is 5.43 Å². The average molecular weight is 313 g/mol. The molecule has 18 heavy (non-hydrogen) atoms. The van der Waals surface area contributed by atoms with Crippen molar-refractivity contribution in [1.29, 1.82) is 0 Å². The first-order chi connectivity index (χ1) is 8.76. The Morgan fingerprint density at radius 3 is 3.00 bits per heavy atom. The molecule has 0 aliphatic carbocycles. The number of nitrogens with one attached hydrogen (secondary N) is 1. The lowest BCUT2D eigenvalue weighted by atomic mass is 10.2. The highest BCUT2D eigenvalue weighted by atomic mass is 79.9. The predicted octanol–water partition coefficient (Wildman–Crippen LogP) is 3.13. The molecule has 0 saturated heterocycles. The maximum absolute atomic E-state index is 5.81. The molecule has 0 fully saturated rings. The Labute approximate surface area is 115 Å². The molecule has 2 aromatic rings. The largest absolute Gasteiger partial charge is 0.458 e. The zero-order valence-corrected chi connectivity index (χ0v) is 11.9. The van der Waals surface area contributed by atoms with Crippen molar-refractivity contribution < 1.29 is 9.15 Å². The van der Waals surface area contributed by atoms with Crippen LogP contribution >= 0.6 is 15.9 Å². The van der Waals surface area contributed by atoms with Crippen LogP contribution in [0.25, 0.3) is 11.0 Å². The van der Waals surface area contributed by atoms with Crippen LogP contribution in [0.15, 0.2) is 33.2 Å². The van der Waals surface area contributed by atoms with Crippen LogP contribution in [0, 0.1) is 0 Å². The topological polar surface area (TPSA) is 60.4 Å². The van der Waals surface area contributed by atoms with Crippen molar-refractivity contribution in [1.82, 2.24) is 5.43 Å². The maximum Gasteiger partial charge on any atom is 0.148 e. The molecule has 1 heterocycles. The van der Waals surface area contributed by atoms with E-state index in [1.165, 1.54) is 0 Å². The van der Waals surface area contributed by atoms with Gasteiger partial charge in [-0.3, -0.25) is 5.84 Å². The van der Waals surface area contributed by atoms with Gasteiger partial charge in [0.1, 0.15) is 17.4 Å². The summed E-state index contributed by atoms with van der Waals surface area (Å²) in [6.07, 6.45) is 0.989. The zero-order valence-electron chi connectivity index (χ0n) is 10.3. The molecule has 0 aliphatic heterocycles. The van der Waals surface area contributed by atoms with Crippen molar-refractivity contribution in [2.45, 2.75) is 19.4 Å². The Bertz CT molecular complexity index is 513. The molecule has 1 atom stereocenters. The fourth-order valence-electron chi connectivity index (χ4n) is 1.78. The van der Waals surface area contributed by atoms with E-state index in [0.717, 1.165) is 34.2 Å². The minimum absolute atomic E-state index is 0.129. The summed E-state index contributed by atoms with van der Waals surface area (Å²) in [6, 6.07) is 7.79. The number of hydrogen-bond donors (Lipinski definition) is 2. The van der Waals surface area contributed by atoms with Crippen LogP contribution in [-0.4, -0.2) is 13.2 Å². The predicted molar refractivity (Wildman–Crippen MR) is 75.1 cm³/mol. The van der Waals surface area contributed by atoms with Crippen molar-refractivity contribution in [3.8, 4) is 0 Å². The number of halogens is 1. The van der Waals surface area contributed by atoms with Crippen LogP contribution in [0.3, 0.4) is 0 Å². The van der Waals surface area contributed by atoms with Crippen LogP contribution in [0.2, 0.25) is 0 Å². The second kappa shape index (κ2) is 6.33. The van der Waals surface area contributed by atoms with Gasteiger partial charge in [-0.2, -0.15) is 0 Å². The standard InChI is InChI=1S/C13H17BrN2O2/c1-2-6-17-8-11(16-15)12-7-9-4-3-5-10(14)13(9)18-12/h3-5,7,11,16H,2,6,8,15H2,1H3. The molecule has 0 saturated carbocycles. The Kier molecular flexibility index (Phi) is 4.77. The highest BCUT2D eigenvalue weighted by Gasteiger charge is 2.16. The van der Waals surface area contributed by atoms with Gasteiger partial charge in [-0.1, -0.05) is 19.1 Å². The molecule has 2 rings (SSSR count). The second-order valence-corrected chi connectivity index (χ2v) is 4.96. The first kappa shape index (κ1) is 13.5. The Morgan fingerprint density at radius 1 is 1.50 bits per heavy atom. The number of nitrogens with two attached hydrogens (primary N) is 1. The molecule has 1 aromatic heterocycles. The van der Waals surface area contributed by atoms with E-state index in [1.807, 2.05) is 24.3 Å². The summed E-state index contributed by atoms with van der Waals surface area (Å²) < 4.78 is 12.3. The third-order valence-electron chi connectivity index (χ3n) is 2.69. The summed E-state index contributed by atoms with van der Waals surface area (Å²) in [7, 11) is 0. The van der Waals surface area contributed by atoms with Gasteiger partial charge in [0, 0.05) is 12.0 Å². The van der Waals surface area contributed by atoms with Crippen molar-refractivity contribution >= 4 is 26.9 Å². The van der Waals surface area contributed by atoms with E-state index in [1.54, 1.807) is 0 Å². The maximum atomic E-state index is 5.81. The normalized spacial score (nSPS) is 13.1. The summed E-state index contributed by atoms with van der Waals surface area (Å²) in [4.78, 5) is 0. The molecule has 1 unspecified atom stereocenters. The van der Waals surface area contributed by atoms with Crippen molar-refractivity contribution in [2.75, 3.05) is 13.2 Å². The van der Waals surface area contributed by atoms with Gasteiger partial charge >= 0.3 is 0 Å². The molecule has 0 amide bonds. The molecular formula is C13H17BrN2O2. The van der Waals surface area contributed by atoms with Crippen molar-refractivity contribution in [2.24, 2.45) is 5.84 Å². The van der Waals surface area contributed by atoms with Crippen LogP contribution in [-0.2, 0) is 4.74 Å². The highest BCUT2D eigenvalue weighted by molar-refractivity contribution is 9.10. The second-order valence-electron chi connectivity index (χ2n) is 4.10. The van der Waals surface area contributed by atoms with Gasteiger partial charge in [-0.05, 0) is 34.5 Å². The van der Waals surface area contributed by atoms with E-state index < -0.39 is 0 Å². The molecule has 4 nitrogen and oxygen atoms in total. The van der Waals surface area contributed by atoms with Gasteiger partial charge in [0.15, 0.2) is 0 Å². The fraction of sp³-hybridized carbons (Fsp3) is 0.385. The number of fused-ring (bicyclic) bond motifs is 1. The number of rotatable bonds is 6. The van der Waals surface area contributed by atoms with Gasteiger partial charge < -0.3 is 9.15 Å². The molecule has 1 aromatic carbocycles. The van der Waals surface area contributed by atoms with Crippen LogP contribution < -0.4 is 11.3 Å². The Hall–Kier alpha value is -0.880. The van der Waals surface area contributed by atoms with Crippen LogP contribution in [0.5, 0.6) is 0 Å². The van der Waals surface area contributed by atoms with Crippen LogP contribution in [0.4, 0.5) is 0 Å². The number of hydrazine groups is 1. The van der Waals surface area contributed by atoms with E-state index in [9.17, 15) is 0 Å². The lowest BCUT2D eigenvalue weighted by Crippen LogP contribution is -2.31. The van der Waals surface area contributed by atoms with E-state index in [-0.39, 0.29) is 6.04 Å². The molecule has 0 radical (unpaired) electrons. The third kappa shape index (κ3) is 2.92. The SMILES string of the molecule is CCCOCC(NN)c1cc2cccc(Br)c2o1. The molecule has 3 N–H and O–H groups in total. The number of hydrogen-bond acceptors (Lipinski definition) is 4. The van der Waals surface area contributed by atoms with Gasteiger partial charge in [0.05, 0.1) is 11.1 Å². The Balaban J connectivity index is 2.20. The highest BCUT2D eigenvalue weighted by Crippen LogP contribution is 2.29. The first-order valence-corrected chi connectivity index (χ1v) is 6.77. The van der Waals surface area contributed by atoms with E-state index >= 15 is 0 Å². The fourth-order valence-corrected chi connectivity index (χ4v) is 2.24. The quantitative estimate of drug-likeness (QED) is 0.489. The Morgan fingerprint density at radius 2 is 2.33 bits per heavy atom. The monoisotopic (exact) mass is 312 g/mol. The lowest BCUT2D eigenvalue weighted by Gasteiger charge is -2.13. The molecule has 0 aliphatic rings. The van der Waals surface area contributed by atoms with Gasteiger partial charge in [0.25, 0.3) is 0 Å². The molecular weight excluding hydrogens is 296 g/mol. The molecule has 0 bridgehead atoms. The number of furan rings is 1. The minimum Gasteiger partial charge on any atom is -0.458 e. The summed E-state index contributed by atoms with van der Waals surface area (Å²) in [5, 5.41) is 1.05. The number of ether oxygens (including phenoxy) is 1. The summed E-state index contributed by atoms with van der Waals surface area (Å²) in [6.45, 7) is 3.30. The van der Waals surface area contributed by atoms with E-state index in [4.69, 9.17) is 15.0 Å². The van der Waals surface area contributed by atoms with Crippen molar-refractivity contribution in [3.63, 3.8) is 0 Å². The average Bonchev–Trinajstić information content (AvgIpc) is 2.80. The molecule has 0 spiro atoms. The number of para-hydroxylation sites is 1. The van der Waals surface area contributed by atoms with Crippen LogP contribution in [0.1, 0.15) is 25.1 Å². The molecule has 5 heteroatoms.